The van der Waals surface area contributed by atoms with Gasteiger partial charge in [-0.1, -0.05) is 24.2 Å². The molecule has 2 rings (SSSR count). The number of aromatic nitrogens is 2. The molecule has 0 saturated carbocycles. The summed E-state index contributed by atoms with van der Waals surface area (Å²) in [5.41, 5.74) is 1.53. The molecule has 1 heterocycles. The van der Waals surface area contributed by atoms with Crippen LogP contribution in [0.5, 0.6) is 0 Å². The second kappa shape index (κ2) is 10.4. The van der Waals surface area contributed by atoms with Crippen molar-refractivity contribution in [1.29, 1.82) is 0 Å². The lowest BCUT2D eigenvalue weighted by Gasteiger charge is -2.10. The van der Waals surface area contributed by atoms with E-state index in [0.29, 0.717) is 29.9 Å². The summed E-state index contributed by atoms with van der Waals surface area (Å²) in [5.74, 6) is -1.08. The number of carbonyl (C=O) groups excluding carboxylic acids is 1. The van der Waals surface area contributed by atoms with E-state index in [1.165, 1.54) is 12.1 Å². The Labute approximate surface area is 169 Å². The van der Waals surface area contributed by atoms with E-state index >= 15 is 0 Å². The zero-order chi connectivity index (χ0) is 21.4. The molecule has 0 unspecified atom stereocenters. The topological polar surface area (TPSA) is 65.4 Å². The number of carbonyl (C=O) groups is 1. The molecule has 158 valence electrons. The van der Waals surface area contributed by atoms with Gasteiger partial charge in [0.25, 0.3) is 0 Å². The molecule has 0 radical (unpaired) electrons. The molecule has 1 N–H and O–H groups in total. The van der Waals surface area contributed by atoms with Crippen molar-refractivity contribution in [2.45, 2.75) is 19.3 Å². The quantitative estimate of drug-likeness (QED) is 0.454. The Balaban J connectivity index is 1.70. The molecule has 0 aliphatic rings. The summed E-state index contributed by atoms with van der Waals surface area (Å²) in [6, 6.07) is 4.38. The first-order valence-corrected chi connectivity index (χ1v) is 8.75. The SMILES string of the molecule is C=C(CCn1cnc(-c2ccc(Cl)c(F)c2)c1)NC(=O)COCCOC(F)(F)F. The number of nitrogens with one attached hydrogen (secondary N) is 1. The number of ether oxygens (including phenoxy) is 2. The van der Waals surface area contributed by atoms with Crippen LogP contribution < -0.4 is 5.32 Å². The van der Waals surface area contributed by atoms with E-state index in [0.717, 1.165) is 0 Å². The van der Waals surface area contributed by atoms with Gasteiger partial charge in [0.1, 0.15) is 12.4 Å². The van der Waals surface area contributed by atoms with Crippen molar-refractivity contribution in [2.24, 2.45) is 0 Å². The van der Waals surface area contributed by atoms with Gasteiger partial charge in [0, 0.05) is 30.4 Å². The number of imidazole rings is 1. The third-order valence-corrected chi connectivity index (χ3v) is 3.87. The summed E-state index contributed by atoms with van der Waals surface area (Å²) >= 11 is 5.66. The first-order valence-electron chi connectivity index (χ1n) is 8.37. The predicted molar refractivity (Wildman–Crippen MR) is 97.4 cm³/mol. The Morgan fingerprint density at radius 3 is 2.76 bits per heavy atom. The minimum atomic E-state index is -4.73. The van der Waals surface area contributed by atoms with Crippen LogP contribution in [0.25, 0.3) is 11.3 Å². The maximum atomic E-state index is 13.5. The summed E-state index contributed by atoms with van der Waals surface area (Å²) in [6.45, 7) is 2.67. The lowest BCUT2D eigenvalue weighted by molar-refractivity contribution is -0.326. The summed E-state index contributed by atoms with van der Waals surface area (Å²) in [5, 5.41) is 2.52. The van der Waals surface area contributed by atoms with Crippen LogP contribution in [-0.4, -0.2) is 41.6 Å². The van der Waals surface area contributed by atoms with Crippen molar-refractivity contribution in [3.63, 3.8) is 0 Å². The minimum Gasteiger partial charge on any atom is -0.369 e. The van der Waals surface area contributed by atoms with E-state index in [-0.39, 0.29) is 11.6 Å². The van der Waals surface area contributed by atoms with Crippen LogP contribution in [0.3, 0.4) is 0 Å². The Kier molecular flexibility index (Phi) is 8.18. The highest BCUT2D eigenvalue weighted by Gasteiger charge is 2.28. The summed E-state index contributed by atoms with van der Waals surface area (Å²) < 4.78 is 58.9. The molecule has 0 aliphatic heterocycles. The van der Waals surface area contributed by atoms with Gasteiger partial charge in [0.2, 0.25) is 5.91 Å². The van der Waals surface area contributed by atoms with E-state index < -0.39 is 31.3 Å². The Bertz CT molecular complexity index is 855. The molecule has 1 amide bonds. The third-order valence-electron chi connectivity index (χ3n) is 3.56. The molecule has 0 atom stereocenters. The first-order chi connectivity index (χ1) is 13.6. The summed E-state index contributed by atoms with van der Waals surface area (Å²) in [4.78, 5) is 15.8. The highest BCUT2D eigenvalue weighted by atomic mass is 35.5. The lowest BCUT2D eigenvalue weighted by Crippen LogP contribution is -2.28. The van der Waals surface area contributed by atoms with E-state index in [4.69, 9.17) is 16.3 Å². The second-order valence-electron chi connectivity index (χ2n) is 5.87. The molecule has 0 saturated heterocycles. The average molecular weight is 436 g/mol. The summed E-state index contributed by atoms with van der Waals surface area (Å²) in [6.07, 6.45) is -1.08. The van der Waals surface area contributed by atoms with Crippen LogP contribution in [0.1, 0.15) is 6.42 Å². The number of hydrogen-bond acceptors (Lipinski definition) is 4. The Hall–Kier alpha value is -2.43. The molecule has 1 aromatic heterocycles. The van der Waals surface area contributed by atoms with Crippen LogP contribution in [0.2, 0.25) is 5.02 Å². The molecule has 29 heavy (non-hydrogen) atoms. The molecule has 0 bridgehead atoms. The van der Waals surface area contributed by atoms with Crippen LogP contribution in [0, 0.1) is 5.82 Å². The van der Waals surface area contributed by atoms with Gasteiger partial charge in [-0.3, -0.25) is 9.53 Å². The molecular weight excluding hydrogens is 418 g/mol. The Morgan fingerprint density at radius 2 is 2.07 bits per heavy atom. The lowest BCUT2D eigenvalue weighted by atomic mass is 10.2. The Morgan fingerprint density at radius 1 is 1.31 bits per heavy atom. The smallest absolute Gasteiger partial charge is 0.369 e. The van der Waals surface area contributed by atoms with Gasteiger partial charge in [-0.05, 0) is 12.1 Å². The number of amides is 1. The van der Waals surface area contributed by atoms with Crippen molar-refractivity contribution in [3.8, 4) is 11.3 Å². The highest BCUT2D eigenvalue weighted by molar-refractivity contribution is 6.30. The van der Waals surface area contributed by atoms with Crippen LogP contribution in [0.4, 0.5) is 17.6 Å². The van der Waals surface area contributed by atoms with Crippen molar-refractivity contribution in [2.75, 3.05) is 19.8 Å². The monoisotopic (exact) mass is 435 g/mol. The highest BCUT2D eigenvalue weighted by Crippen LogP contribution is 2.23. The van der Waals surface area contributed by atoms with Gasteiger partial charge < -0.3 is 14.6 Å². The van der Waals surface area contributed by atoms with Gasteiger partial charge in [-0.15, -0.1) is 13.2 Å². The number of aryl methyl sites for hydroxylation is 1. The largest absolute Gasteiger partial charge is 0.522 e. The normalized spacial score (nSPS) is 11.5. The maximum absolute atomic E-state index is 13.5. The van der Waals surface area contributed by atoms with Crippen LogP contribution in [0.15, 0.2) is 43.0 Å². The fourth-order valence-corrected chi connectivity index (χ4v) is 2.35. The van der Waals surface area contributed by atoms with Crippen molar-refractivity contribution in [1.82, 2.24) is 14.9 Å². The fourth-order valence-electron chi connectivity index (χ4n) is 2.23. The fraction of sp³-hybridized carbons (Fsp3) is 0.333. The maximum Gasteiger partial charge on any atom is 0.522 e. The first kappa shape index (κ1) is 22.9. The van der Waals surface area contributed by atoms with Gasteiger partial charge >= 0.3 is 6.36 Å². The predicted octanol–water partition coefficient (Wildman–Crippen LogP) is 3.92. The van der Waals surface area contributed by atoms with E-state index in [2.05, 4.69) is 21.6 Å². The molecule has 2 aromatic rings. The van der Waals surface area contributed by atoms with Crippen molar-refractivity contribution < 1.29 is 31.8 Å². The summed E-state index contributed by atoms with van der Waals surface area (Å²) in [7, 11) is 0. The number of halogens is 5. The molecule has 6 nitrogen and oxygen atoms in total. The van der Waals surface area contributed by atoms with Crippen molar-refractivity contribution in [3.05, 3.63) is 53.8 Å². The van der Waals surface area contributed by atoms with E-state index in [9.17, 15) is 22.4 Å². The molecule has 0 aliphatic carbocycles. The number of hydrogen-bond donors (Lipinski definition) is 1. The molecule has 0 spiro atoms. The number of alkyl halides is 3. The zero-order valence-corrected chi connectivity index (χ0v) is 15.9. The molecule has 1 aromatic carbocycles. The number of nitrogens with zero attached hydrogens (tertiary/aromatic N) is 2. The second-order valence-corrected chi connectivity index (χ2v) is 6.28. The van der Waals surface area contributed by atoms with E-state index in [1.807, 2.05) is 0 Å². The number of rotatable bonds is 10. The van der Waals surface area contributed by atoms with Crippen LogP contribution >= 0.6 is 11.6 Å². The van der Waals surface area contributed by atoms with Gasteiger partial charge in [-0.25, -0.2) is 9.37 Å². The zero-order valence-electron chi connectivity index (χ0n) is 15.1. The third kappa shape index (κ3) is 8.22. The number of allylic oxidation sites excluding steroid dienone is 1. The van der Waals surface area contributed by atoms with E-state index in [1.54, 1.807) is 23.2 Å². The molecule has 11 heteroatoms. The number of benzene rings is 1. The molecular formula is C18H18ClF4N3O3. The van der Waals surface area contributed by atoms with Crippen LogP contribution in [-0.2, 0) is 20.8 Å². The standard InChI is InChI=1S/C18H18ClF4N3O3/c1-12(25-17(27)10-28-6-7-29-18(21,22)23)4-5-26-9-16(24-11-26)13-2-3-14(19)15(20)8-13/h2-3,8-9,11H,1,4-7,10H2,(H,25,27). The van der Waals surface area contributed by atoms with Gasteiger partial charge in [0.15, 0.2) is 0 Å². The molecule has 0 fully saturated rings. The average Bonchev–Trinajstić information content (AvgIpc) is 3.10. The van der Waals surface area contributed by atoms with Gasteiger partial charge in [0.05, 0.1) is 30.3 Å². The minimum absolute atomic E-state index is 0.0251. The van der Waals surface area contributed by atoms with Gasteiger partial charge in [-0.2, -0.15) is 0 Å². The van der Waals surface area contributed by atoms with Crippen molar-refractivity contribution >= 4 is 17.5 Å².